The first-order valence-corrected chi connectivity index (χ1v) is 8.97. The second-order valence-electron chi connectivity index (χ2n) is 7.27. The molecule has 0 amide bonds. The molecule has 0 aromatic rings. The number of nitrogens with one attached hydrogen (secondary N) is 1. The average molecular weight is 281 g/mol. The van der Waals surface area contributed by atoms with Gasteiger partial charge in [-0.15, -0.1) is 0 Å². The molecule has 118 valence electrons. The standard InChI is InChI=1S/C18H35NO/c1-6-15-9-8-10-16(11-15)18(19-7-2)17-12(3)13(4)20-14(17)5/h12-19H,6-11H2,1-5H3. The van der Waals surface area contributed by atoms with E-state index in [0.29, 0.717) is 30.1 Å². The molecule has 20 heavy (non-hydrogen) atoms. The summed E-state index contributed by atoms with van der Waals surface area (Å²) < 4.78 is 6.12. The quantitative estimate of drug-likeness (QED) is 0.814. The zero-order valence-electron chi connectivity index (χ0n) is 14.2. The zero-order valence-corrected chi connectivity index (χ0v) is 14.2. The van der Waals surface area contributed by atoms with Gasteiger partial charge < -0.3 is 10.1 Å². The van der Waals surface area contributed by atoms with E-state index in [1.165, 1.54) is 32.1 Å². The van der Waals surface area contributed by atoms with Crippen LogP contribution < -0.4 is 5.32 Å². The molecule has 2 fully saturated rings. The van der Waals surface area contributed by atoms with Crippen molar-refractivity contribution in [2.24, 2.45) is 23.7 Å². The molecular formula is C18H35NO. The van der Waals surface area contributed by atoms with Gasteiger partial charge >= 0.3 is 0 Å². The molecular weight excluding hydrogens is 246 g/mol. The summed E-state index contributed by atoms with van der Waals surface area (Å²) in [6, 6.07) is 0.657. The molecule has 7 atom stereocenters. The van der Waals surface area contributed by atoms with Crippen LogP contribution in [0.1, 0.15) is 66.7 Å². The van der Waals surface area contributed by atoms with E-state index in [9.17, 15) is 0 Å². The Morgan fingerprint density at radius 2 is 1.85 bits per heavy atom. The monoisotopic (exact) mass is 281 g/mol. The molecule has 1 saturated heterocycles. The number of ether oxygens (including phenoxy) is 1. The molecule has 1 aliphatic carbocycles. The lowest BCUT2D eigenvalue weighted by Crippen LogP contribution is -2.48. The normalized spacial score (nSPS) is 43.6. The van der Waals surface area contributed by atoms with E-state index in [1.807, 2.05) is 0 Å². The highest BCUT2D eigenvalue weighted by Gasteiger charge is 2.44. The maximum absolute atomic E-state index is 6.12. The minimum atomic E-state index is 0.408. The number of rotatable bonds is 5. The molecule has 2 aliphatic rings. The first-order valence-electron chi connectivity index (χ1n) is 8.97. The molecule has 2 heteroatoms. The fourth-order valence-corrected chi connectivity index (χ4v) is 4.79. The SMILES string of the molecule is CCNC(C1CCCC(CC)C1)C1C(C)OC(C)C1C. The Kier molecular flexibility index (Phi) is 5.92. The van der Waals surface area contributed by atoms with E-state index in [1.54, 1.807) is 0 Å². The van der Waals surface area contributed by atoms with Gasteiger partial charge in [-0.3, -0.25) is 0 Å². The van der Waals surface area contributed by atoms with Gasteiger partial charge in [-0.25, -0.2) is 0 Å². The molecule has 1 N–H and O–H groups in total. The molecule has 0 aromatic heterocycles. The summed E-state index contributed by atoms with van der Waals surface area (Å²) >= 11 is 0. The molecule has 1 aliphatic heterocycles. The summed E-state index contributed by atoms with van der Waals surface area (Å²) in [4.78, 5) is 0. The highest BCUT2D eigenvalue weighted by Crippen LogP contribution is 2.41. The van der Waals surface area contributed by atoms with Crippen molar-refractivity contribution in [2.45, 2.75) is 85.0 Å². The van der Waals surface area contributed by atoms with Crippen molar-refractivity contribution in [3.05, 3.63) is 0 Å². The van der Waals surface area contributed by atoms with E-state index in [-0.39, 0.29) is 0 Å². The summed E-state index contributed by atoms with van der Waals surface area (Å²) in [6.07, 6.45) is 7.91. The van der Waals surface area contributed by atoms with E-state index in [0.717, 1.165) is 18.4 Å². The third-order valence-corrected chi connectivity index (χ3v) is 6.08. The smallest absolute Gasteiger partial charge is 0.0597 e. The van der Waals surface area contributed by atoms with Crippen LogP contribution in [0.15, 0.2) is 0 Å². The minimum absolute atomic E-state index is 0.408. The maximum atomic E-state index is 6.12. The van der Waals surface area contributed by atoms with Gasteiger partial charge in [0.25, 0.3) is 0 Å². The van der Waals surface area contributed by atoms with Gasteiger partial charge in [0.2, 0.25) is 0 Å². The fraction of sp³-hybridized carbons (Fsp3) is 1.00. The highest BCUT2D eigenvalue weighted by atomic mass is 16.5. The molecule has 0 aromatic carbocycles. The second-order valence-corrected chi connectivity index (χ2v) is 7.27. The largest absolute Gasteiger partial charge is 0.375 e. The van der Waals surface area contributed by atoms with E-state index >= 15 is 0 Å². The van der Waals surface area contributed by atoms with Crippen LogP contribution in [0.25, 0.3) is 0 Å². The van der Waals surface area contributed by atoms with Crippen molar-refractivity contribution < 1.29 is 4.74 Å². The first kappa shape index (κ1) is 16.3. The molecule has 0 bridgehead atoms. The fourth-order valence-electron chi connectivity index (χ4n) is 4.79. The molecule has 7 unspecified atom stereocenters. The van der Waals surface area contributed by atoms with E-state index in [2.05, 4.69) is 39.9 Å². The van der Waals surface area contributed by atoms with Crippen LogP contribution in [0.2, 0.25) is 0 Å². The molecule has 2 rings (SSSR count). The Labute approximate surface area is 126 Å². The third-order valence-electron chi connectivity index (χ3n) is 6.08. The number of hydrogen-bond donors (Lipinski definition) is 1. The predicted octanol–water partition coefficient (Wildman–Crippen LogP) is 4.24. The third kappa shape index (κ3) is 3.39. The van der Waals surface area contributed by atoms with Crippen LogP contribution in [-0.2, 0) is 4.74 Å². The topological polar surface area (TPSA) is 21.3 Å². The Bertz CT molecular complexity index is 293. The summed E-state index contributed by atoms with van der Waals surface area (Å²) in [5, 5.41) is 3.84. The lowest BCUT2D eigenvalue weighted by molar-refractivity contribution is 0.0414. The first-order chi connectivity index (χ1) is 9.58. The maximum Gasteiger partial charge on any atom is 0.0597 e. The molecule has 1 saturated carbocycles. The number of hydrogen-bond acceptors (Lipinski definition) is 2. The Morgan fingerprint density at radius 1 is 1.10 bits per heavy atom. The highest BCUT2D eigenvalue weighted by molar-refractivity contribution is 4.96. The Hall–Kier alpha value is -0.0800. The van der Waals surface area contributed by atoms with Gasteiger partial charge in [-0.2, -0.15) is 0 Å². The summed E-state index contributed by atoms with van der Waals surface area (Å²) in [6.45, 7) is 12.6. The van der Waals surface area contributed by atoms with Gasteiger partial charge in [0.15, 0.2) is 0 Å². The van der Waals surface area contributed by atoms with Crippen molar-refractivity contribution in [1.82, 2.24) is 5.32 Å². The van der Waals surface area contributed by atoms with Crippen LogP contribution in [0, 0.1) is 23.7 Å². The van der Waals surface area contributed by atoms with E-state index in [4.69, 9.17) is 4.74 Å². The summed E-state index contributed by atoms with van der Waals surface area (Å²) in [5.74, 6) is 3.18. The van der Waals surface area contributed by atoms with Crippen molar-refractivity contribution in [2.75, 3.05) is 6.54 Å². The summed E-state index contributed by atoms with van der Waals surface area (Å²) in [7, 11) is 0. The van der Waals surface area contributed by atoms with E-state index < -0.39 is 0 Å². The Balaban J connectivity index is 2.09. The lowest BCUT2D eigenvalue weighted by atomic mass is 9.70. The molecule has 2 nitrogen and oxygen atoms in total. The van der Waals surface area contributed by atoms with Gasteiger partial charge in [-0.1, -0.05) is 40.0 Å². The van der Waals surface area contributed by atoms with Crippen LogP contribution >= 0.6 is 0 Å². The van der Waals surface area contributed by atoms with Crippen LogP contribution in [0.5, 0.6) is 0 Å². The van der Waals surface area contributed by atoms with Crippen molar-refractivity contribution in [3.8, 4) is 0 Å². The molecule has 1 heterocycles. The lowest BCUT2D eigenvalue weighted by Gasteiger charge is -2.40. The van der Waals surface area contributed by atoms with Crippen molar-refractivity contribution in [3.63, 3.8) is 0 Å². The van der Waals surface area contributed by atoms with Crippen molar-refractivity contribution >= 4 is 0 Å². The van der Waals surface area contributed by atoms with Gasteiger partial charge in [-0.05, 0) is 51.0 Å². The average Bonchev–Trinajstić information content (AvgIpc) is 2.70. The van der Waals surface area contributed by atoms with Crippen LogP contribution in [0.3, 0.4) is 0 Å². The van der Waals surface area contributed by atoms with Gasteiger partial charge in [0.1, 0.15) is 0 Å². The van der Waals surface area contributed by atoms with Gasteiger partial charge in [0.05, 0.1) is 12.2 Å². The summed E-state index contributed by atoms with van der Waals surface area (Å²) in [5.41, 5.74) is 0. The van der Waals surface area contributed by atoms with Crippen LogP contribution in [0.4, 0.5) is 0 Å². The zero-order chi connectivity index (χ0) is 14.7. The van der Waals surface area contributed by atoms with Gasteiger partial charge in [0, 0.05) is 12.0 Å². The predicted molar refractivity (Wildman–Crippen MR) is 85.9 cm³/mol. The van der Waals surface area contributed by atoms with Crippen molar-refractivity contribution in [1.29, 1.82) is 0 Å². The minimum Gasteiger partial charge on any atom is -0.375 e. The second kappa shape index (κ2) is 7.26. The molecule has 0 radical (unpaired) electrons. The Morgan fingerprint density at radius 3 is 2.40 bits per heavy atom. The molecule has 0 spiro atoms. The van der Waals surface area contributed by atoms with Crippen LogP contribution in [-0.4, -0.2) is 24.8 Å².